The van der Waals surface area contributed by atoms with Gasteiger partial charge in [-0.25, -0.2) is 0 Å². The molecule has 0 saturated carbocycles. The molecule has 0 saturated heterocycles. The Morgan fingerprint density at radius 3 is 2.83 bits per heavy atom. The van der Waals surface area contributed by atoms with Crippen molar-refractivity contribution < 1.29 is 19.5 Å². The first-order valence-electron chi connectivity index (χ1n) is 9.34. The summed E-state index contributed by atoms with van der Waals surface area (Å²) in [7, 11) is 1.54. The Kier molecular flexibility index (Phi) is 4.79. The topological polar surface area (TPSA) is 122 Å². The van der Waals surface area contributed by atoms with Crippen LogP contribution in [-0.4, -0.2) is 68.0 Å². The molecule has 2 aromatic heterocycles. The molecule has 0 aliphatic carbocycles. The lowest BCUT2D eigenvalue weighted by atomic mass is 10.0. The van der Waals surface area contributed by atoms with Crippen LogP contribution in [-0.2, 0) is 17.8 Å². The third kappa shape index (κ3) is 3.58. The predicted octanol–water partition coefficient (Wildman–Crippen LogP) is 1.64. The highest BCUT2D eigenvalue weighted by Gasteiger charge is 2.30. The van der Waals surface area contributed by atoms with Gasteiger partial charge in [-0.1, -0.05) is 18.2 Å². The lowest BCUT2D eigenvalue weighted by molar-refractivity contribution is -0.137. The maximum Gasteiger partial charge on any atom is 0.305 e. The first-order valence-corrected chi connectivity index (χ1v) is 9.34. The molecule has 2 amide bonds. The summed E-state index contributed by atoms with van der Waals surface area (Å²) in [5.74, 6) is -1.46. The molecule has 0 spiro atoms. The number of aromatic amines is 2. The lowest BCUT2D eigenvalue weighted by Crippen LogP contribution is -2.37. The normalized spacial score (nSPS) is 13.3. The summed E-state index contributed by atoms with van der Waals surface area (Å²) in [4.78, 5) is 42.6. The third-order valence-corrected chi connectivity index (χ3v) is 5.19. The molecule has 0 atom stereocenters. The first kappa shape index (κ1) is 18.7. The van der Waals surface area contributed by atoms with Crippen LogP contribution in [0.2, 0.25) is 0 Å². The number of carboxylic acids is 1. The average Bonchev–Trinajstić information content (AvgIpc) is 3.34. The zero-order chi connectivity index (χ0) is 20.5. The summed E-state index contributed by atoms with van der Waals surface area (Å²) in [6.45, 7) is 0.882. The molecule has 3 heterocycles. The van der Waals surface area contributed by atoms with Gasteiger partial charge in [0.25, 0.3) is 11.8 Å². The summed E-state index contributed by atoms with van der Waals surface area (Å²) >= 11 is 0. The van der Waals surface area contributed by atoms with Crippen LogP contribution in [0.1, 0.15) is 38.7 Å². The molecule has 0 radical (unpaired) electrons. The van der Waals surface area contributed by atoms with E-state index >= 15 is 0 Å². The number of benzene rings is 1. The van der Waals surface area contributed by atoms with Crippen LogP contribution in [0.25, 0.3) is 10.9 Å². The number of carboxylic acid groups (broad SMARTS) is 1. The van der Waals surface area contributed by atoms with Crippen LogP contribution in [0.3, 0.4) is 0 Å². The van der Waals surface area contributed by atoms with Crippen LogP contribution in [0.4, 0.5) is 0 Å². The van der Waals surface area contributed by atoms with Gasteiger partial charge < -0.3 is 19.9 Å². The zero-order valence-corrected chi connectivity index (χ0v) is 15.9. The SMILES string of the molecule is CN(CCC(=O)O)C(=O)c1n[nH]c2c1CN(C(=O)c1cc3ccccc3[nH]1)CC2. The highest BCUT2D eigenvalue weighted by atomic mass is 16.4. The van der Waals surface area contributed by atoms with E-state index in [0.717, 1.165) is 16.6 Å². The number of fused-ring (bicyclic) bond motifs is 2. The number of H-pyrrole nitrogens is 2. The Balaban J connectivity index is 1.53. The van der Waals surface area contributed by atoms with E-state index in [9.17, 15) is 14.4 Å². The molecule has 9 nitrogen and oxygen atoms in total. The minimum absolute atomic E-state index is 0.0908. The van der Waals surface area contributed by atoms with Gasteiger partial charge >= 0.3 is 5.97 Å². The molecule has 0 unspecified atom stereocenters. The molecule has 29 heavy (non-hydrogen) atoms. The number of hydrogen-bond acceptors (Lipinski definition) is 4. The molecular weight excluding hydrogens is 374 g/mol. The Labute approximate surface area is 166 Å². The van der Waals surface area contributed by atoms with Gasteiger partial charge in [-0.05, 0) is 12.1 Å². The van der Waals surface area contributed by atoms with Gasteiger partial charge in [0.15, 0.2) is 5.69 Å². The van der Waals surface area contributed by atoms with Crippen molar-refractivity contribution in [1.29, 1.82) is 0 Å². The van der Waals surface area contributed by atoms with Crippen LogP contribution in [0.5, 0.6) is 0 Å². The minimum atomic E-state index is -0.969. The van der Waals surface area contributed by atoms with Crippen molar-refractivity contribution in [3.8, 4) is 0 Å². The average molecular weight is 395 g/mol. The van der Waals surface area contributed by atoms with E-state index in [-0.39, 0.29) is 37.0 Å². The summed E-state index contributed by atoms with van der Waals surface area (Å²) in [6, 6.07) is 9.51. The molecule has 0 bridgehead atoms. The van der Waals surface area contributed by atoms with E-state index < -0.39 is 5.97 Å². The van der Waals surface area contributed by atoms with E-state index in [0.29, 0.717) is 24.2 Å². The number of rotatable bonds is 5. The highest BCUT2D eigenvalue weighted by Crippen LogP contribution is 2.24. The van der Waals surface area contributed by atoms with E-state index in [4.69, 9.17) is 5.11 Å². The number of nitrogens with one attached hydrogen (secondary N) is 2. The molecule has 0 fully saturated rings. The monoisotopic (exact) mass is 395 g/mol. The molecule has 3 N–H and O–H groups in total. The van der Waals surface area contributed by atoms with Gasteiger partial charge in [-0.3, -0.25) is 19.5 Å². The molecular formula is C20H21N5O4. The number of para-hydroxylation sites is 1. The van der Waals surface area contributed by atoms with E-state index in [2.05, 4.69) is 15.2 Å². The largest absolute Gasteiger partial charge is 0.481 e. The fourth-order valence-corrected chi connectivity index (χ4v) is 3.55. The standard InChI is InChI=1S/C20H21N5O4/c1-24(8-7-17(26)27)20(29)18-13-11-25(9-6-15(13)22-23-18)19(28)16-10-12-4-2-3-5-14(12)21-16/h2-5,10,21H,6-9,11H2,1H3,(H,22,23)(H,26,27). The number of amides is 2. The second-order valence-electron chi connectivity index (χ2n) is 7.15. The first-order chi connectivity index (χ1) is 13.9. The highest BCUT2D eigenvalue weighted by molar-refractivity contribution is 5.98. The number of carbonyl (C=O) groups is 3. The van der Waals surface area contributed by atoms with E-state index in [1.165, 1.54) is 4.90 Å². The van der Waals surface area contributed by atoms with Gasteiger partial charge in [-0.15, -0.1) is 0 Å². The van der Waals surface area contributed by atoms with Crippen molar-refractivity contribution in [2.45, 2.75) is 19.4 Å². The minimum Gasteiger partial charge on any atom is -0.481 e. The second-order valence-corrected chi connectivity index (χ2v) is 7.15. The van der Waals surface area contributed by atoms with Crippen LogP contribution in [0, 0.1) is 0 Å². The summed E-state index contributed by atoms with van der Waals surface area (Å²) in [6.07, 6.45) is 0.431. The zero-order valence-electron chi connectivity index (χ0n) is 15.9. The number of nitrogens with zero attached hydrogens (tertiary/aromatic N) is 3. The summed E-state index contributed by atoms with van der Waals surface area (Å²) < 4.78 is 0. The van der Waals surface area contributed by atoms with Gasteiger partial charge in [0, 0.05) is 48.7 Å². The van der Waals surface area contributed by atoms with Crippen molar-refractivity contribution in [1.82, 2.24) is 25.0 Å². The number of aromatic nitrogens is 3. The van der Waals surface area contributed by atoms with E-state index in [1.807, 2.05) is 30.3 Å². The Morgan fingerprint density at radius 1 is 1.28 bits per heavy atom. The van der Waals surface area contributed by atoms with Crippen LogP contribution < -0.4 is 0 Å². The van der Waals surface area contributed by atoms with Crippen molar-refractivity contribution in [2.24, 2.45) is 0 Å². The fourth-order valence-electron chi connectivity index (χ4n) is 3.55. The Morgan fingerprint density at radius 2 is 2.07 bits per heavy atom. The molecule has 4 rings (SSSR count). The number of hydrogen-bond donors (Lipinski definition) is 3. The van der Waals surface area contributed by atoms with Crippen molar-refractivity contribution >= 4 is 28.7 Å². The third-order valence-electron chi connectivity index (χ3n) is 5.19. The molecule has 1 aliphatic heterocycles. The lowest BCUT2D eigenvalue weighted by Gasteiger charge is -2.27. The smallest absolute Gasteiger partial charge is 0.305 e. The Bertz CT molecular complexity index is 1070. The maximum absolute atomic E-state index is 13.0. The van der Waals surface area contributed by atoms with Gasteiger partial charge in [0.2, 0.25) is 0 Å². The van der Waals surface area contributed by atoms with E-state index in [1.54, 1.807) is 11.9 Å². The Hall–Kier alpha value is -3.62. The molecule has 3 aromatic rings. The van der Waals surface area contributed by atoms with Crippen LogP contribution in [0.15, 0.2) is 30.3 Å². The number of carbonyl (C=O) groups excluding carboxylic acids is 2. The maximum atomic E-state index is 13.0. The molecule has 9 heteroatoms. The predicted molar refractivity (Wildman–Crippen MR) is 105 cm³/mol. The van der Waals surface area contributed by atoms with Crippen molar-refractivity contribution in [2.75, 3.05) is 20.1 Å². The van der Waals surface area contributed by atoms with Gasteiger partial charge in [-0.2, -0.15) is 5.10 Å². The quantitative estimate of drug-likeness (QED) is 0.606. The van der Waals surface area contributed by atoms with Crippen molar-refractivity contribution in [3.63, 3.8) is 0 Å². The summed E-state index contributed by atoms with van der Waals surface area (Å²) in [5, 5.41) is 16.8. The van der Waals surface area contributed by atoms with Gasteiger partial charge in [0.1, 0.15) is 5.69 Å². The fraction of sp³-hybridized carbons (Fsp3) is 0.300. The molecule has 1 aromatic carbocycles. The number of aliphatic carboxylic acids is 1. The van der Waals surface area contributed by atoms with Crippen molar-refractivity contribution in [3.05, 3.63) is 53.0 Å². The van der Waals surface area contributed by atoms with Gasteiger partial charge in [0.05, 0.1) is 13.0 Å². The molecule has 1 aliphatic rings. The second kappa shape index (κ2) is 7.42. The molecule has 150 valence electrons. The van der Waals surface area contributed by atoms with Crippen LogP contribution >= 0.6 is 0 Å². The summed E-state index contributed by atoms with van der Waals surface area (Å²) in [5.41, 5.74) is 3.16.